The van der Waals surface area contributed by atoms with Crippen molar-refractivity contribution in [3.63, 3.8) is 0 Å². The normalized spacial score (nSPS) is 21.5. The summed E-state index contributed by atoms with van der Waals surface area (Å²) in [6.07, 6.45) is 6.36. The van der Waals surface area contributed by atoms with E-state index in [1.165, 1.54) is 29.9 Å². The van der Waals surface area contributed by atoms with Gasteiger partial charge in [0.05, 0.1) is 13.2 Å². The van der Waals surface area contributed by atoms with E-state index in [0.717, 1.165) is 38.6 Å². The Morgan fingerprint density at radius 3 is 3.13 bits per heavy atom. The van der Waals surface area contributed by atoms with Crippen molar-refractivity contribution in [1.29, 1.82) is 0 Å². The van der Waals surface area contributed by atoms with Crippen molar-refractivity contribution < 1.29 is 4.74 Å². The second kappa shape index (κ2) is 6.56. The number of hydrogen-bond donors (Lipinski definition) is 1. The van der Waals surface area contributed by atoms with Crippen LogP contribution in [0.4, 0.5) is 0 Å². The SMILES string of the molecule is C1=C(CNCCSCC2CC2)COCC1. The molecule has 3 heteroatoms. The summed E-state index contributed by atoms with van der Waals surface area (Å²) >= 11 is 2.10. The number of hydrogen-bond acceptors (Lipinski definition) is 3. The molecule has 0 saturated heterocycles. The molecule has 0 spiro atoms. The van der Waals surface area contributed by atoms with Crippen LogP contribution in [0.5, 0.6) is 0 Å². The van der Waals surface area contributed by atoms with E-state index in [1.54, 1.807) is 0 Å². The molecular formula is C12H21NOS. The van der Waals surface area contributed by atoms with Crippen LogP contribution >= 0.6 is 11.8 Å². The van der Waals surface area contributed by atoms with E-state index in [1.807, 2.05) is 0 Å². The Balaban J connectivity index is 1.41. The second-order valence-corrected chi connectivity index (χ2v) is 5.55. The Hall–Kier alpha value is 0.01000. The summed E-state index contributed by atoms with van der Waals surface area (Å²) in [7, 11) is 0. The maximum absolute atomic E-state index is 5.39. The van der Waals surface area contributed by atoms with Crippen LogP contribution < -0.4 is 5.32 Å². The second-order valence-electron chi connectivity index (χ2n) is 4.40. The van der Waals surface area contributed by atoms with Gasteiger partial charge >= 0.3 is 0 Å². The van der Waals surface area contributed by atoms with Crippen LogP contribution in [-0.4, -0.2) is 37.8 Å². The lowest BCUT2D eigenvalue weighted by molar-refractivity contribution is 0.149. The summed E-state index contributed by atoms with van der Waals surface area (Å²) in [5.74, 6) is 3.70. The average molecular weight is 227 g/mol. The van der Waals surface area contributed by atoms with E-state index in [0.29, 0.717) is 0 Å². The zero-order valence-electron chi connectivity index (χ0n) is 9.34. The van der Waals surface area contributed by atoms with Crippen molar-refractivity contribution in [2.75, 3.05) is 37.8 Å². The van der Waals surface area contributed by atoms with Crippen molar-refractivity contribution in [3.05, 3.63) is 11.6 Å². The molecule has 15 heavy (non-hydrogen) atoms. The van der Waals surface area contributed by atoms with E-state index < -0.39 is 0 Å². The van der Waals surface area contributed by atoms with Gasteiger partial charge in [0.25, 0.3) is 0 Å². The van der Waals surface area contributed by atoms with Gasteiger partial charge in [0.15, 0.2) is 0 Å². The molecule has 1 N–H and O–H groups in total. The molecule has 2 nitrogen and oxygen atoms in total. The topological polar surface area (TPSA) is 21.3 Å². The largest absolute Gasteiger partial charge is 0.377 e. The van der Waals surface area contributed by atoms with Gasteiger partial charge in [0.1, 0.15) is 0 Å². The van der Waals surface area contributed by atoms with Gasteiger partial charge in [0, 0.05) is 18.8 Å². The molecule has 0 aromatic rings. The lowest BCUT2D eigenvalue weighted by Crippen LogP contribution is -2.23. The Kier molecular flexibility index (Phi) is 5.03. The summed E-state index contributed by atoms with van der Waals surface area (Å²) < 4.78 is 5.39. The standard InChI is InChI=1S/C12H21NOS/c1-2-12(9-14-6-1)8-13-5-7-15-10-11-3-4-11/h2,11,13H,1,3-10H2. The maximum atomic E-state index is 5.39. The van der Waals surface area contributed by atoms with Crippen LogP contribution in [-0.2, 0) is 4.74 Å². The first-order valence-corrected chi connectivity index (χ1v) is 7.15. The number of rotatable bonds is 7. The van der Waals surface area contributed by atoms with Crippen LogP contribution in [0, 0.1) is 5.92 Å². The minimum Gasteiger partial charge on any atom is -0.377 e. The molecule has 0 aromatic carbocycles. The van der Waals surface area contributed by atoms with Gasteiger partial charge in [0.2, 0.25) is 0 Å². The highest BCUT2D eigenvalue weighted by molar-refractivity contribution is 7.99. The molecule has 1 fully saturated rings. The quantitative estimate of drug-likeness (QED) is 0.531. The fraction of sp³-hybridized carbons (Fsp3) is 0.833. The van der Waals surface area contributed by atoms with Gasteiger partial charge in [-0.05, 0) is 36.5 Å². The molecule has 0 unspecified atom stereocenters. The van der Waals surface area contributed by atoms with E-state index in [4.69, 9.17) is 4.74 Å². The zero-order chi connectivity index (χ0) is 10.3. The fourth-order valence-corrected chi connectivity index (χ4v) is 2.78. The monoisotopic (exact) mass is 227 g/mol. The van der Waals surface area contributed by atoms with Gasteiger partial charge < -0.3 is 10.1 Å². The Morgan fingerprint density at radius 1 is 1.47 bits per heavy atom. The summed E-state index contributed by atoms with van der Waals surface area (Å²) in [5, 5.41) is 3.48. The molecule has 1 aliphatic carbocycles. The average Bonchev–Trinajstić information content (AvgIpc) is 3.09. The zero-order valence-corrected chi connectivity index (χ0v) is 10.2. The third-order valence-corrected chi connectivity index (χ3v) is 4.01. The van der Waals surface area contributed by atoms with E-state index >= 15 is 0 Å². The summed E-state index contributed by atoms with van der Waals surface area (Å²) in [6.45, 7) is 3.89. The van der Waals surface area contributed by atoms with Gasteiger partial charge in [-0.15, -0.1) is 0 Å². The minimum atomic E-state index is 0.836. The van der Waals surface area contributed by atoms with E-state index in [-0.39, 0.29) is 0 Å². The number of ether oxygens (including phenoxy) is 1. The summed E-state index contributed by atoms with van der Waals surface area (Å²) in [6, 6.07) is 0. The summed E-state index contributed by atoms with van der Waals surface area (Å²) in [5.41, 5.74) is 1.42. The number of thioether (sulfide) groups is 1. The lowest BCUT2D eigenvalue weighted by Gasteiger charge is -2.14. The van der Waals surface area contributed by atoms with Crippen molar-refractivity contribution in [1.82, 2.24) is 5.32 Å². The fourth-order valence-electron chi connectivity index (χ4n) is 1.66. The molecule has 0 aromatic heterocycles. The Bertz CT molecular complexity index is 214. The molecule has 1 heterocycles. The molecule has 1 saturated carbocycles. The van der Waals surface area contributed by atoms with Crippen LogP contribution in [0.25, 0.3) is 0 Å². The van der Waals surface area contributed by atoms with Crippen LogP contribution in [0.3, 0.4) is 0 Å². The molecule has 2 rings (SSSR count). The Labute approximate surface area is 96.8 Å². The van der Waals surface area contributed by atoms with Crippen LogP contribution in [0.2, 0.25) is 0 Å². The highest BCUT2D eigenvalue weighted by Gasteiger charge is 2.20. The van der Waals surface area contributed by atoms with Crippen molar-refractivity contribution in [2.24, 2.45) is 5.92 Å². The predicted molar refractivity (Wildman–Crippen MR) is 66.4 cm³/mol. The van der Waals surface area contributed by atoms with Crippen LogP contribution in [0.1, 0.15) is 19.3 Å². The molecule has 0 atom stereocenters. The maximum Gasteiger partial charge on any atom is 0.0689 e. The molecule has 86 valence electrons. The van der Waals surface area contributed by atoms with Gasteiger partial charge in [-0.25, -0.2) is 0 Å². The lowest BCUT2D eigenvalue weighted by atomic mass is 10.2. The first-order valence-electron chi connectivity index (χ1n) is 5.99. The van der Waals surface area contributed by atoms with E-state index in [9.17, 15) is 0 Å². The third kappa shape index (κ3) is 5.05. The highest BCUT2D eigenvalue weighted by Crippen LogP contribution is 2.32. The predicted octanol–water partition coefficient (Wildman–Crippen LogP) is 2.07. The molecule has 0 bridgehead atoms. The van der Waals surface area contributed by atoms with Crippen molar-refractivity contribution in [3.8, 4) is 0 Å². The molecule has 1 aliphatic heterocycles. The molecule has 0 amide bonds. The number of nitrogens with one attached hydrogen (secondary N) is 1. The van der Waals surface area contributed by atoms with Crippen LogP contribution in [0.15, 0.2) is 11.6 Å². The Morgan fingerprint density at radius 2 is 2.40 bits per heavy atom. The van der Waals surface area contributed by atoms with Crippen molar-refractivity contribution >= 4 is 11.8 Å². The smallest absolute Gasteiger partial charge is 0.0689 e. The van der Waals surface area contributed by atoms with Gasteiger partial charge in [-0.3, -0.25) is 0 Å². The van der Waals surface area contributed by atoms with Gasteiger partial charge in [-0.2, -0.15) is 11.8 Å². The highest BCUT2D eigenvalue weighted by atomic mass is 32.2. The van der Waals surface area contributed by atoms with Crippen molar-refractivity contribution in [2.45, 2.75) is 19.3 Å². The first kappa shape index (κ1) is 11.5. The third-order valence-electron chi connectivity index (χ3n) is 2.81. The molecule has 0 radical (unpaired) electrons. The van der Waals surface area contributed by atoms with Gasteiger partial charge in [-0.1, -0.05) is 6.08 Å². The summed E-state index contributed by atoms with van der Waals surface area (Å²) in [4.78, 5) is 0. The molecular weight excluding hydrogens is 206 g/mol. The van der Waals surface area contributed by atoms with E-state index in [2.05, 4.69) is 23.2 Å². The molecule has 2 aliphatic rings. The minimum absolute atomic E-state index is 0.836. The first-order chi connectivity index (χ1) is 7.45.